The Kier molecular flexibility index (Phi) is 3.23. The fourth-order valence-corrected chi connectivity index (χ4v) is 1.03. The second kappa shape index (κ2) is 4.21. The molecular weight excluding hydrogens is 150 g/mol. The van der Waals surface area contributed by atoms with Gasteiger partial charge in [0.1, 0.15) is 0 Å². The highest BCUT2D eigenvalue weighted by Crippen LogP contribution is 2.11. The van der Waals surface area contributed by atoms with E-state index in [0.717, 1.165) is 11.3 Å². The molecule has 0 spiro atoms. The van der Waals surface area contributed by atoms with E-state index in [-0.39, 0.29) is 0 Å². The van der Waals surface area contributed by atoms with Crippen LogP contribution in [-0.4, -0.2) is 12.1 Å². The van der Waals surface area contributed by atoms with Gasteiger partial charge in [-0.1, -0.05) is 19.9 Å². The summed E-state index contributed by atoms with van der Waals surface area (Å²) in [5.74, 6) is 0.501. The van der Waals surface area contributed by atoms with E-state index in [1.54, 1.807) is 7.11 Å². The molecule has 0 aromatic carbocycles. The summed E-state index contributed by atoms with van der Waals surface area (Å²) in [6.45, 7) is 4.92. The standard InChI is InChI=1S/C10H15NO/c1-8(2)10-5-4-9(6-11-10)7-12-3/h4-6,8H,7H2,1-3H3. The summed E-state index contributed by atoms with van der Waals surface area (Å²) >= 11 is 0. The van der Waals surface area contributed by atoms with Crippen LogP contribution in [0.4, 0.5) is 0 Å². The number of hydrogen-bond acceptors (Lipinski definition) is 2. The van der Waals surface area contributed by atoms with Gasteiger partial charge in [-0.25, -0.2) is 0 Å². The third-order valence-electron chi connectivity index (χ3n) is 1.75. The summed E-state index contributed by atoms with van der Waals surface area (Å²) in [4.78, 5) is 4.32. The van der Waals surface area contributed by atoms with Crippen molar-refractivity contribution in [3.63, 3.8) is 0 Å². The quantitative estimate of drug-likeness (QED) is 0.686. The Morgan fingerprint density at radius 2 is 2.17 bits per heavy atom. The molecule has 2 nitrogen and oxygen atoms in total. The van der Waals surface area contributed by atoms with Gasteiger partial charge < -0.3 is 4.74 Å². The Morgan fingerprint density at radius 3 is 2.58 bits per heavy atom. The molecule has 1 aromatic rings. The minimum atomic E-state index is 0.501. The van der Waals surface area contributed by atoms with Crippen LogP contribution in [0.3, 0.4) is 0 Å². The smallest absolute Gasteiger partial charge is 0.0728 e. The minimum absolute atomic E-state index is 0.501. The zero-order chi connectivity index (χ0) is 8.97. The van der Waals surface area contributed by atoms with Crippen LogP contribution in [0.15, 0.2) is 18.3 Å². The Morgan fingerprint density at radius 1 is 1.42 bits per heavy atom. The third-order valence-corrected chi connectivity index (χ3v) is 1.75. The van der Waals surface area contributed by atoms with Gasteiger partial charge in [-0.3, -0.25) is 4.98 Å². The second-order valence-electron chi connectivity index (χ2n) is 3.18. The van der Waals surface area contributed by atoms with E-state index in [1.165, 1.54) is 0 Å². The number of methoxy groups -OCH3 is 1. The monoisotopic (exact) mass is 165 g/mol. The van der Waals surface area contributed by atoms with Gasteiger partial charge in [0.25, 0.3) is 0 Å². The zero-order valence-electron chi connectivity index (χ0n) is 7.87. The second-order valence-corrected chi connectivity index (χ2v) is 3.18. The van der Waals surface area contributed by atoms with Crippen LogP contribution < -0.4 is 0 Å². The molecule has 0 bridgehead atoms. The minimum Gasteiger partial charge on any atom is -0.380 e. The highest BCUT2D eigenvalue weighted by Gasteiger charge is 1.99. The largest absolute Gasteiger partial charge is 0.380 e. The van der Waals surface area contributed by atoms with Gasteiger partial charge in [0.05, 0.1) is 6.61 Å². The molecule has 0 unspecified atom stereocenters. The number of nitrogens with zero attached hydrogens (tertiary/aromatic N) is 1. The maximum absolute atomic E-state index is 4.99. The van der Waals surface area contributed by atoms with Gasteiger partial charge >= 0.3 is 0 Å². The molecule has 0 aliphatic rings. The fourth-order valence-electron chi connectivity index (χ4n) is 1.03. The first-order chi connectivity index (χ1) is 5.74. The van der Waals surface area contributed by atoms with Crippen molar-refractivity contribution in [2.24, 2.45) is 0 Å². The van der Waals surface area contributed by atoms with E-state index < -0.39 is 0 Å². The molecule has 1 rings (SSSR count). The lowest BCUT2D eigenvalue weighted by molar-refractivity contribution is 0.184. The van der Waals surface area contributed by atoms with Crippen LogP contribution in [-0.2, 0) is 11.3 Å². The molecule has 0 saturated heterocycles. The lowest BCUT2D eigenvalue weighted by atomic mass is 10.1. The number of hydrogen-bond donors (Lipinski definition) is 0. The van der Waals surface area contributed by atoms with Crippen LogP contribution in [0.1, 0.15) is 31.0 Å². The van der Waals surface area contributed by atoms with E-state index in [0.29, 0.717) is 12.5 Å². The molecule has 2 heteroatoms. The van der Waals surface area contributed by atoms with Crippen LogP contribution >= 0.6 is 0 Å². The molecule has 66 valence electrons. The van der Waals surface area contributed by atoms with E-state index in [1.807, 2.05) is 6.20 Å². The van der Waals surface area contributed by atoms with E-state index in [2.05, 4.69) is 31.0 Å². The lowest BCUT2D eigenvalue weighted by Gasteiger charge is -2.04. The van der Waals surface area contributed by atoms with Crippen molar-refractivity contribution < 1.29 is 4.74 Å². The molecule has 0 radical (unpaired) electrons. The van der Waals surface area contributed by atoms with Gasteiger partial charge in [-0.15, -0.1) is 0 Å². The number of pyridine rings is 1. The van der Waals surface area contributed by atoms with E-state index in [4.69, 9.17) is 4.74 Å². The molecule has 1 aromatic heterocycles. The van der Waals surface area contributed by atoms with Crippen LogP contribution in [0.25, 0.3) is 0 Å². The average molecular weight is 165 g/mol. The maximum Gasteiger partial charge on any atom is 0.0728 e. The fraction of sp³-hybridized carbons (Fsp3) is 0.500. The van der Waals surface area contributed by atoms with Crippen molar-refractivity contribution in [1.82, 2.24) is 4.98 Å². The van der Waals surface area contributed by atoms with Crippen molar-refractivity contribution in [1.29, 1.82) is 0 Å². The molecule has 0 N–H and O–H groups in total. The topological polar surface area (TPSA) is 22.1 Å². The third kappa shape index (κ3) is 2.31. The predicted molar refractivity (Wildman–Crippen MR) is 49.0 cm³/mol. The van der Waals surface area contributed by atoms with Crippen molar-refractivity contribution in [3.05, 3.63) is 29.6 Å². The average Bonchev–Trinajstić information content (AvgIpc) is 2.06. The molecule has 0 saturated carbocycles. The molecule has 0 aliphatic carbocycles. The first-order valence-corrected chi connectivity index (χ1v) is 4.18. The van der Waals surface area contributed by atoms with Gasteiger partial charge in [0.2, 0.25) is 0 Å². The molecular formula is C10H15NO. The summed E-state index contributed by atoms with van der Waals surface area (Å²) in [7, 11) is 1.69. The summed E-state index contributed by atoms with van der Waals surface area (Å²) in [6.07, 6.45) is 1.87. The molecule has 0 fully saturated rings. The Hall–Kier alpha value is -0.890. The number of ether oxygens (including phenoxy) is 1. The van der Waals surface area contributed by atoms with Crippen LogP contribution in [0.2, 0.25) is 0 Å². The van der Waals surface area contributed by atoms with E-state index in [9.17, 15) is 0 Å². The number of rotatable bonds is 3. The van der Waals surface area contributed by atoms with Crippen molar-refractivity contribution in [2.45, 2.75) is 26.4 Å². The highest BCUT2D eigenvalue weighted by molar-refractivity contribution is 5.15. The van der Waals surface area contributed by atoms with Gasteiger partial charge in [0.15, 0.2) is 0 Å². The molecule has 0 atom stereocenters. The first kappa shape index (κ1) is 9.20. The van der Waals surface area contributed by atoms with Gasteiger partial charge in [-0.2, -0.15) is 0 Å². The summed E-state index contributed by atoms with van der Waals surface area (Å²) in [6, 6.07) is 4.12. The summed E-state index contributed by atoms with van der Waals surface area (Å²) < 4.78 is 4.99. The summed E-state index contributed by atoms with van der Waals surface area (Å²) in [5, 5.41) is 0. The van der Waals surface area contributed by atoms with Crippen molar-refractivity contribution in [3.8, 4) is 0 Å². The van der Waals surface area contributed by atoms with Crippen LogP contribution in [0, 0.1) is 0 Å². The SMILES string of the molecule is COCc1ccc(C(C)C)nc1. The molecule has 12 heavy (non-hydrogen) atoms. The Balaban J connectivity index is 2.71. The molecule has 0 amide bonds. The van der Waals surface area contributed by atoms with Crippen molar-refractivity contribution in [2.75, 3.05) is 7.11 Å². The van der Waals surface area contributed by atoms with Crippen LogP contribution in [0.5, 0.6) is 0 Å². The van der Waals surface area contributed by atoms with Gasteiger partial charge in [0, 0.05) is 19.0 Å². The summed E-state index contributed by atoms with van der Waals surface area (Å²) in [5.41, 5.74) is 2.26. The zero-order valence-corrected chi connectivity index (χ0v) is 7.87. The van der Waals surface area contributed by atoms with Gasteiger partial charge in [-0.05, 0) is 17.5 Å². The van der Waals surface area contributed by atoms with Crippen molar-refractivity contribution >= 4 is 0 Å². The highest BCUT2D eigenvalue weighted by atomic mass is 16.5. The number of aromatic nitrogens is 1. The predicted octanol–water partition coefficient (Wildman–Crippen LogP) is 2.35. The normalized spacial score (nSPS) is 10.7. The molecule has 0 aliphatic heterocycles. The first-order valence-electron chi connectivity index (χ1n) is 4.18. The Labute approximate surface area is 73.6 Å². The lowest BCUT2D eigenvalue weighted by Crippen LogP contribution is -1.94. The maximum atomic E-state index is 4.99. The van der Waals surface area contributed by atoms with E-state index >= 15 is 0 Å². The Bertz CT molecular complexity index is 228. The molecule has 1 heterocycles.